The number of ether oxygens (including phenoxy) is 2. The highest BCUT2D eigenvalue weighted by Gasteiger charge is 2.25. The van der Waals surface area contributed by atoms with Crippen LogP contribution < -0.4 is 4.74 Å². The average Bonchev–Trinajstić information content (AvgIpc) is 3.02. The number of hydrogen-bond donors (Lipinski definition) is 0. The molecular formula is C17H11N3O7. The summed E-state index contributed by atoms with van der Waals surface area (Å²) in [6.45, 7) is 0. The van der Waals surface area contributed by atoms with Crippen molar-refractivity contribution in [2.24, 2.45) is 4.99 Å². The SMILES string of the molecule is COc1ccc([N+](=O)[O-])cc1/C=C1\N=C(c2ccc([N+](=O)[O-])cc2)OC1=O. The Hall–Kier alpha value is -4.08. The number of rotatable bonds is 5. The van der Waals surface area contributed by atoms with Crippen molar-refractivity contribution < 1.29 is 24.1 Å². The summed E-state index contributed by atoms with van der Waals surface area (Å²) in [5.74, 6) is -0.456. The molecule has 0 spiro atoms. The Bertz CT molecular complexity index is 1010. The number of nitrogens with zero attached hydrogens (tertiary/aromatic N) is 3. The third-order valence-electron chi connectivity index (χ3n) is 3.66. The highest BCUT2D eigenvalue weighted by atomic mass is 16.6. The fourth-order valence-electron chi connectivity index (χ4n) is 2.35. The number of esters is 1. The number of aliphatic imine (C=N–C) groups is 1. The Kier molecular flexibility index (Phi) is 4.62. The second-order valence-corrected chi connectivity index (χ2v) is 5.32. The number of methoxy groups -OCH3 is 1. The molecule has 0 aliphatic carbocycles. The molecule has 0 saturated heterocycles. The van der Waals surface area contributed by atoms with E-state index in [1.165, 1.54) is 55.7 Å². The van der Waals surface area contributed by atoms with Gasteiger partial charge in [-0.05, 0) is 24.3 Å². The zero-order valence-electron chi connectivity index (χ0n) is 13.8. The van der Waals surface area contributed by atoms with Gasteiger partial charge in [-0.25, -0.2) is 9.79 Å². The molecule has 0 bridgehead atoms. The first-order valence-electron chi connectivity index (χ1n) is 7.49. The minimum Gasteiger partial charge on any atom is -0.496 e. The first-order valence-corrected chi connectivity index (χ1v) is 7.49. The molecule has 0 amide bonds. The maximum Gasteiger partial charge on any atom is 0.363 e. The molecule has 0 fully saturated rings. The van der Waals surface area contributed by atoms with Crippen LogP contribution in [0.4, 0.5) is 11.4 Å². The number of nitro benzene ring substituents is 2. The molecule has 3 rings (SSSR count). The van der Waals surface area contributed by atoms with Gasteiger partial charge in [0.1, 0.15) is 5.75 Å². The maximum absolute atomic E-state index is 12.1. The molecule has 10 heteroatoms. The van der Waals surface area contributed by atoms with E-state index < -0.39 is 15.8 Å². The molecule has 27 heavy (non-hydrogen) atoms. The van der Waals surface area contributed by atoms with Gasteiger partial charge in [0, 0.05) is 35.4 Å². The van der Waals surface area contributed by atoms with E-state index in [2.05, 4.69) is 4.99 Å². The summed E-state index contributed by atoms with van der Waals surface area (Å²) in [6.07, 6.45) is 1.31. The van der Waals surface area contributed by atoms with Crippen LogP contribution in [0.3, 0.4) is 0 Å². The van der Waals surface area contributed by atoms with E-state index in [-0.39, 0.29) is 28.5 Å². The molecule has 10 nitrogen and oxygen atoms in total. The summed E-state index contributed by atoms with van der Waals surface area (Å²) in [6, 6.07) is 9.26. The summed E-state index contributed by atoms with van der Waals surface area (Å²) < 4.78 is 10.2. The minimum atomic E-state index is -0.753. The number of hydrogen-bond acceptors (Lipinski definition) is 8. The van der Waals surface area contributed by atoms with Crippen molar-refractivity contribution in [1.82, 2.24) is 0 Å². The van der Waals surface area contributed by atoms with Gasteiger partial charge in [0.15, 0.2) is 5.70 Å². The van der Waals surface area contributed by atoms with Gasteiger partial charge >= 0.3 is 5.97 Å². The molecule has 0 unspecified atom stereocenters. The lowest BCUT2D eigenvalue weighted by molar-refractivity contribution is -0.385. The first-order chi connectivity index (χ1) is 12.9. The normalized spacial score (nSPS) is 14.6. The molecule has 0 atom stereocenters. The highest BCUT2D eigenvalue weighted by Crippen LogP contribution is 2.28. The Balaban J connectivity index is 1.97. The van der Waals surface area contributed by atoms with Crippen molar-refractivity contribution >= 4 is 29.3 Å². The van der Waals surface area contributed by atoms with E-state index >= 15 is 0 Å². The Morgan fingerprint density at radius 3 is 2.26 bits per heavy atom. The third-order valence-corrected chi connectivity index (χ3v) is 3.66. The smallest absolute Gasteiger partial charge is 0.363 e. The minimum absolute atomic E-state index is 0.0226. The number of nitro groups is 2. The molecule has 1 aliphatic heterocycles. The molecular weight excluding hydrogens is 358 g/mol. The fourth-order valence-corrected chi connectivity index (χ4v) is 2.35. The van der Waals surface area contributed by atoms with E-state index in [0.29, 0.717) is 11.3 Å². The van der Waals surface area contributed by atoms with Crippen LogP contribution in [0.2, 0.25) is 0 Å². The van der Waals surface area contributed by atoms with Gasteiger partial charge in [-0.15, -0.1) is 0 Å². The van der Waals surface area contributed by atoms with Crippen LogP contribution in [-0.2, 0) is 9.53 Å². The van der Waals surface area contributed by atoms with Crippen LogP contribution in [0.15, 0.2) is 53.2 Å². The van der Waals surface area contributed by atoms with Crippen molar-refractivity contribution in [2.75, 3.05) is 7.11 Å². The molecule has 0 N–H and O–H groups in total. The lowest BCUT2D eigenvalue weighted by atomic mass is 10.1. The number of cyclic esters (lactones) is 1. The van der Waals surface area contributed by atoms with Crippen LogP contribution in [-0.4, -0.2) is 28.8 Å². The van der Waals surface area contributed by atoms with Crippen LogP contribution in [0, 0.1) is 20.2 Å². The van der Waals surface area contributed by atoms with E-state index in [9.17, 15) is 25.0 Å². The molecule has 0 radical (unpaired) electrons. The molecule has 2 aromatic rings. The van der Waals surface area contributed by atoms with Gasteiger partial charge in [0.05, 0.1) is 17.0 Å². The summed E-state index contributed by atoms with van der Waals surface area (Å²) >= 11 is 0. The van der Waals surface area contributed by atoms with Crippen molar-refractivity contribution in [3.8, 4) is 5.75 Å². The topological polar surface area (TPSA) is 134 Å². The predicted octanol–water partition coefficient (Wildman–Crippen LogP) is 2.86. The summed E-state index contributed by atoms with van der Waals surface area (Å²) in [7, 11) is 1.39. The standard InChI is InChI=1S/C17H11N3O7/c1-26-15-7-6-13(20(24)25)8-11(15)9-14-17(21)27-16(18-14)10-2-4-12(5-3-10)19(22)23/h2-9H,1H3/b14-9-. The van der Waals surface area contributed by atoms with Crippen LogP contribution in [0.25, 0.3) is 6.08 Å². The average molecular weight is 369 g/mol. The maximum atomic E-state index is 12.1. The van der Waals surface area contributed by atoms with Gasteiger partial charge in [-0.2, -0.15) is 0 Å². The molecule has 0 aromatic heterocycles. The van der Waals surface area contributed by atoms with Gasteiger partial charge in [-0.3, -0.25) is 20.2 Å². The van der Waals surface area contributed by atoms with Gasteiger partial charge in [0.25, 0.3) is 11.4 Å². The molecule has 1 heterocycles. The van der Waals surface area contributed by atoms with Crippen LogP contribution in [0.5, 0.6) is 5.75 Å². The number of carbonyl (C=O) groups excluding carboxylic acids is 1. The van der Waals surface area contributed by atoms with Crippen LogP contribution in [0.1, 0.15) is 11.1 Å². The monoisotopic (exact) mass is 369 g/mol. The van der Waals surface area contributed by atoms with Crippen molar-refractivity contribution in [1.29, 1.82) is 0 Å². The number of non-ortho nitro benzene ring substituents is 2. The predicted molar refractivity (Wildman–Crippen MR) is 93.4 cm³/mol. The second-order valence-electron chi connectivity index (χ2n) is 5.32. The van der Waals surface area contributed by atoms with Crippen molar-refractivity contribution in [3.05, 3.63) is 79.5 Å². The van der Waals surface area contributed by atoms with Gasteiger partial charge < -0.3 is 9.47 Å². The summed E-state index contributed by atoms with van der Waals surface area (Å²) in [4.78, 5) is 36.7. The van der Waals surface area contributed by atoms with Crippen molar-refractivity contribution in [2.45, 2.75) is 0 Å². The Morgan fingerprint density at radius 2 is 1.67 bits per heavy atom. The quantitative estimate of drug-likeness (QED) is 0.342. The van der Waals surface area contributed by atoms with Crippen molar-refractivity contribution in [3.63, 3.8) is 0 Å². The zero-order valence-corrected chi connectivity index (χ0v) is 13.8. The third kappa shape index (κ3) is 3.63. The van der Waals surface area contributed by atoms with Gasteiger partial charge in [0.2, 0.25) is 5.90 Å². The molecule has 2 aromatic carbocycles. The first kappa shape index (κ1) is 17.7. The van der Waals surface area contributed by atoms with Crippen LogP contribution >= 0.6 is 0 Å². The summed E-state index contributed by atoms with van der Waals surface area (Å²) in [5, 5.41) is 21.6. The second kappa shape index (κ2) is 7.04. The Morgan fingerprint density at radius 1 is 1.04 bits per heavy atom. The zero-order chi connectivity index (χ0) is 19.6. The molecule has 0 saturated carbocycles. The Labute approximate surface area is 151 Å². The largest absolute Gasteiger partial charge is 0.496 e. The fraction of sp³-hybridized carbons (Fsp3) is 0.0588. The van der Waals surface area contributed by atoms with E-state index in [1.54, 1.807) is 0 Å². The highest BCUT2D eigenvalue weighted by molar-refractivity contribution is 6.13. The number of benzene rings is 2. The number of carbonyl (C=O) groups is 1. The summed E-state index contributed by atoms with van der Waals surface area (Å²) in [5.41, 5.74) is 0.298. The lowest BCUT2D eigenvalue weighted by Gasteiger charge is -2.04. The van der Waals surface area contributed by atoms with Gasteiger partial charge in [-0.1, -0.05) is 0 Å². The van der Waals surface area contributed by atoms with E-state index in [1.807, 2.05) is 0 Å². The molecule has 136 valence electrons. The van der Waals surface area contributed by atoms with E-state index in [4.69, 9.17) is 9.47 Å². The molecule has 1 aliphatic rings. The lowest BCUT2D eigenvalue weighted by Crippen LogP contribution is -2.05. The van der Waals surface area contributed by atoms with E-state index in [0.717, 1.165) is 0 Å².